The lowest BCUT2D eigenvalue weighted by Gasteiger charge is -2.21. The number of aromatic nitrogens is 3. The van der Waals surface area contributed by atoms with Gasteiger partial charge in [-0.15, -0.1) is 10.2 Å². The van der Waals surface area contributed by atoms with Gasteiger partial charge in [0.25, 0.3) is 0 Å². The van der Waals surface area contributed by atoms with E-state index >= 15 is 0 Å². The van der Waals surface area contributed by atoms with E-state index in [0.29, 0.717) is 6.10 Å². The van der Waals surface area contributed by atoms with Crippen LogP contribution < -0.4 is 0 Å². The van der Waals surface area contributed by atoms with Crippen LogP contribution in [0.4, 0.5) is 0 Å². The SMILES string of the molecule is c1ccc2c(c1)sc1nnc(SC[C@@H]3CCCCO3)n12. The molecule has 0 amide bonds. The number of thioether (sulfide) groups is 1. The zero-order chi connectivity index (χ0) is 13.4. The molecule has 4 rings (SSSR count). The lowest BCUT2D eigenvalue weighted by atomic mass is 10.1. The average molecular weight is 305 g/mol. The minimum atomic E-state index is 0.367. The van der Waals surface area contributed by atoms with E-state index in [1.54, 1.807) is 23.1 Å². The molecular formula is C14H15N3OS2. The van der Waals surface area contributed by atoms with Crippen LogP contribution in [-0.2, 0) is 4.74 Å². The van der Waals surface area contributed by atoms with E-state index < -0.39 is 0 Å². The Morgan fingerprint density at radius 2 is 2.25 bits per heavy atom. The number of ether oxygens (including phenoxy) is 1. The molecule has 1 aromatic carbocycles. The lowest BCUT2D eigenvalue weighted by Crippen LogP contribution is -2.21. The van der Waals surface area contributed by atoms with Gasteiger partial charge in [0.1, 0.15) is 0 Å². The number of hydrogen-bond donors (Lipinski definition) is 0. The number of hydrogen-bond acceptors (Lipinski definition) is 5. The summed E-state index contributed by atoms with van der Waals surface area (Å²) in [4.78, 5) is 0.971. The molecular weight excluding hydrogens is 290 g/mol. The van der Waals surface area contributed by atoms with Crippen molar-refractivity contribution in [2.24, 2.45) is 0 Å². The molecule has 0 unspecified atom stereocenters. The number of rotatable bonds is 3. The minimum Gasteiger partial charge on any atom is -0.377 e. The first-order valence-electron chi connectivity index (χ1n) is 6.89. The Morgan fingerprint density at radius 1 is 1.30 bits per heavy atom. The fourth-order valence-electron chi connectivity index (χ4n) is 2.56. The van der Waals surface area contributed by atoms with Crippen LogP contribution in [-0.4, -0.2) is 33.1 Å². The summed E-state index contributed by atoms with van der Waals surface area (Å²) >= 11 is 3.44. The first-order valence-corrected chi connectivity index (χ1v) is 8.69. The number of thiazole rings is 1. The van der Waals surface area contributed by atoms with Gasteiger partial charge in [-0.1, -0.05) is 35.2 Å². The second kappa shape index (κ2) is 5.35. The molecule has 0 saturated carbocycles. The molecule has 3 heterocycles. The van der Waals surface area contributed by atoms with Crippen molar-refractivity contribution in [1.82, 2.24) is 14.6 Å². The van der Waals surface area contributed by atoms with Crippen molar-refractivity contribution in [3.63, 3.8) is 0 Å². The fourth-order valence-corrected chi connectivity index (χ4v) is 4.59. The highest BCUT2D eigenvalue weighted by atomic mass is 32.2. The zero-order valence-electron chi connectivity index (χ0n) is 11.0. The molecule has 0 N–H and O–H groups in total. The summed E-state index contributed by atoms with van der Waals surface area (Å²) in [7, 11) is 0. The molecule has 2 aromatic heterocycles. The van der Waals surface area contributed by atoms with Gasteiger partial charge in [0.2, 0.25) is 4.96 Å². The van der Waals surface area contributed by atoms with E-state index in [1.807, 2.05) is 0 Å². The normalized spacial score (nSPS) is 19.9. The van der Waals surface area contributed by atoms with Crippen molar-refractivity contribution >= 4 is 38.3 Å². The quantitative estimate of drug-likeness (QED) is 0.693. The van der Waals surface area contributed by atoms with Crippen LogP contribution in [0.15, 0.2) is 29.4 Å². The van der Waals surface area contributed by atoms with Gasteiger partial charge in [-0.2, -0.15) is 0 Å². The Bertz CT molecular complexity index is 730. The molecule has 0 bridgehead atoms. The van der Waals surface area contributed by atoms with Crippen LogP contribution in [0, 0.1) is 0 Å². The van der Waals surface area contributed by atoms with E-state index in [-0.39, 0.29) is 0 Å². The Morgan fingerprint density at radius 3 is 3.15 bits per heavy atom. The maximum Gasteiger partial charge on any atom is 0.217 e. The number of nitrogens with zero attached hydrogens (tertiary/aromatic N) is 3. The van der Waals surface area contributed by atoms with Crippen molar-refractivity contribution in [2.75, 3.05) is 12.4 Å². The van der Waals surface area contributed by atoms with Crippen molar-refractivity contribution in [1.29, 1.82) is 0 Å². The van der Waals surface area contributed by atoms with Gasteiger partial charge in [-0.05, 0) is 31.4 Å². The fraction of sp³-hybridized carbons (Fsp3) is 0.429. The van der Waals surface area contributed by atoms with Gasteiger partial charge in [-0.25, -0.2) is 0 Å². The van der Waals surface area contributed by atoms with Crippen LogP contribution in [0.1, 0.15) is 19.3 Å². The maximum atomic E-state index is 5.78. The molecule has 4 nitrogen and oxygen atoms in total. The molecule has 0 aliphatic carbocycles. The first kappa shape index (κ1) is 12.6. The average Bonchev–Trinajstić information content (AvgIpc) is 3.05. The Kier molecular flexibility index (Phi) is 3.37. The first-order chi connectivity index (χ1) is 9.92. The van der Waals surface area contributed by atoms with Crippen LogP contribution in [0.2, 0.25) is 0 Å². The van der Waals surface area contributed by atoms with Crippen molar-refractivity contribution in [3.05, 3.63) is 24.3 Å². The third kappa shape index (κ3) is 2.21. The monoisotopic (exact) mass is 305 g/mol. The molecule has 1 saturated heterocycles. The number of benzene rings is 1. The molecule has 6 heteroatoms. The minimum absolute atomic E-state index is 0.367. The summed E-state index contributed by atoms with van der Waals surface area (Å²) in [6.07, 6.45) is 4.01. The van der Waals surface area contributed by atoms with E-state index in [0.717, 1.165) is 22.5 Å². The van der Waals surface area contributed by atoms with Gasteiger partial charge in [0.15, 0.2) is 5.16 Å². The van der Waals surface area contributed by atoms with Crippen molar-refractivity contribution in [2.45, 2.75) is 30.5 Å². The number of para-hydroxylation sites is 1. The summed E-state index contributed by atoms with van der Waals surface area (Å²) in [5.41, 5.74) is 1.20. The standard InChI is InChI=1S/C14H15N3OS2/c1-2-7-12-11(6-1)17-13(15-16-14(17)20-12)19-9-10-5-3-4-8-18-10/h1-2,6-7,10H,3-5,8-9H2/t10-/m0/s1. The van der Waals surface area contributed by atoms with Gasteiger partial charge >= 0.3 is 0 Å². The molecule has 0 spiro atoms. The number of fused-ring (bicyclic) bond motifs is 3. The Hall–Kier alpha value is -1.11. The smallest absolute Gasteiger partial charge is 0.217 e. The molecule has 1 aliphatic rings. The summed E-state index contributed by atoms with van der Waals surface area (Å²) in [5, 5.41) is 9.59. The van der Waals surface area contributed by atoms with Crippen LogP contribution in [0.25, 0.3) is 15.2 Å². The molecule has 104 valence electrons. The second-order valence-electron chi connectivity index (χ2n) is 4.97. The maximum absolute atomic E-state index is 5.78. The van der Waals surface area contributed by atoms with E-state index in [4.69, 9.17) is 4.74 Å². The largest absolute Gasteiger partial charge is 0.377 e. The predicted molar refractivity (Wildman–Crippen MR) is 82.7 cm³/mol. The van der Waals surface area contributed by atoms with E-state index in [1.165, 1.54) is 29.5 Å². The molecule has 3 aromatic rings. The van der Waals surface area contributed by atoms with Crippen LogP contribution >= 0.6 is 23.1 Å². The lowest BCUT2D eigenvalue weighted by molar-refractivity contribution is 0.0315. The Balaban J connectivity index is 1.62. The van der Waals surface area contributed by atoms with Gasteiger partial charge < -0.3 is 4.74 Å². The molecule has 1 aliphatic heterocycles. The predicted octanol–water partition coefficient (Wildman–Crippen LogP) is 3.61. The summed E-state index contributed by atoms with van der Waals surface area (Å²) in [6.45, 7) is 0.905. The molecule has 0 radical (unpaired) electrons. The molecule has 1 fully saturated rings. The second-order valence-corrected chi connectivity index (χ2v) is 6.97. The van der Waals surface area contributed by atoms with Crippen molar-refractivity contribution < 1.29 is 4.74 Å². The van der Waals surface area contributed by atoms with Gasteiger partial charge in [0.05, 0.1) is 16.3 Å². The highest BCUT2D eigenvalue weighted by molar-refractivity contribution is 7.99. The van der Waals surface area contributed by atoms with Gasteiger partial charge in [0, 0.05) is 12.4 Å². The molecule has 20 heavy (non-hydrogen) atoms. The van der Waals surface area contributed by atoms with E-state index in [9.17, 15) is 0 Å². The van der Waals surface area contributed by atoms with E-state index in [2.05, 4.69) is 38.9 Å². The topological polar surface area (TPSA) is 39.4 Å². The Labute approximate surface area is 125 Å². The summed E-state index contributed by atoms with van der Waals surface area (Å²) in [6, 6.07) is 8.39. The third-order valence-corrected chi connectivity index (χ3v) is 5.66. The van der Waals surface area contributed by atoms with Crippen LogP contribution in [0.3, 0.4) is 0 Å². The third-order valence-electron chi connectivity index (χ3n) is 3.58. The van der Waals surface area contributed by atoms with Gasteiger partial charge in [-0.3, -0.25) is 4.40 Å². The van der Waals surface area contributed by atoms with Crippen LogP contribution in [0.5, 0.6) is 0 Å². The summed E-state index contributed by atoms with van der Waals surface area (Å²) in [5.74, 6) is 0.963. The summed E-state index contributed by atoms with van der Waals surface area (Å²) < 4.78 is 9.20. The van der Waals surface area contributed by atoms with Crippen molar-refractivity contribution in [3.8, 4) is 0 Å². The highest BCUT2D eigenvalue weighted by Gasteiger charge is 2.17. The zero-order valence-corrected chi connectivity index (χ0v) is 12.6. The highest BCUT2D eigenvalue weighted by Crippen LogP contribution is 2.30. The molecule has 1 atom stereocenters.